The number of rotatable bonds is 9. The molecular formula is C22H26BrClN2O2S. The van der Waals surface area contributed by atoms with E-state index in [0.717, 1.165) is 14.9 Å². The Labute approximate surface area is 190 Å². The van der Waals surface area contributed by atoms with Crippen molar-refractivity contribution in [1.29, 1.82) is 0 Å². The van der Waals surface area contributed by atoms with Gasteiger partial charge >= 0.3 is 0 Å². The summed E-state index contributed by atoms with van der Waals surface area (Å²) in [6.45, 7) is 5.99. The Morgan fingerprint density at radius 3 is 2.28 bits per heavy atom. The fourth-order valence-electron chi connectivity index (χ4n) is 2.70. The zero-order valence-electron chi connectivity index (χ0n) is 16.8. The van der Waals surface area contributed by atoms with Gasteiger partial charge in [0, 0.05) is 39.2 Å². The van der Waals surface area contributed by atoms with Crippen LogP contribution in [0.1, 0.15) is 32.8 Å². The summed E-state index contributed by atoms with van der Waals surface area (Å²) >= 11 is 10.9. The molecular weight excluding hydrogens is 472 g/mol. The molecule has 7 heteroatoms. The number of halogens is 2. The number of amides is 2. The Balaban J connectivity index is 2.05. The standard InChI is InChI=1S/C22H26BrClN2O2S/c1-15(2)25-22(28)16(3)26(14-17-4-6-18(23)7-5-17)21(27)12-13-29-20-10-8-19(24)9-11-20/h4-11,15-16H,12-14H2,1-3H3,(H,25,28)/t16-/m0/s1. The van der Waals surface area contributed by atoms with Crippen LogP contribution in [0.4, 0.5) is 0 Å². The topological polar surface area (TPSA) is 49.4 Å². The number of nitrogens with one attached hydrogen (secondary N) is 1. The second-order valence-corrected chi connectivity index (χ2v) is 9.56. The van der Waals surface area contributed by atoms with E-state index in [4.69, 9.17) is 11.6 Å². The molecule has 0 fully saturated rings. The van der Waals surface area contributed by atoms with Crippen molar-refractivity contribution in [3.63, 3.8) is 0 Å². The Morgan fingerprint density at radius 2 is 1.69 bits per heavy atom. The Bertz CT molecular complexity index is 813. The van der Waals surface area contributed by atoms with Crippen molar-refractivity contribution < 1.29 is 9.59 Å². The molecule has 2 aromatic carbocycles. The van der Waals surface area contributed by atoms with Gasteiger partial charge in [-0.15, -0.1) is 11.8 Å². The molecule has 0 aliphatic rings. The summed E-state index contributed by atoms with van der Waals surface area (Å²) in [5, 5.41) is 3.59. The van der Waals surface area contributed by atoms with E-state index < -0.39 is 6.04 Å². The predicted octanol–water partition coefficient (Wildman–Crippen LogP) is 5.53. The fourth-order valence-corrected chi connectivity index (χ4v) is 3.94. The first kappa shape index (κ1) is 23.8. The molecule has 0 unspecified atom stereocenters. The molecule has 0 heterocycles. The molecule has 0 spiro atoms. The molecule has 0 saturated heterocycles. The number of thioether (sulfide) groups is 1. The number of nitrogens with zero attached hydrogens (tertiary/aromatic N) is 1. The molecule has 0 saturated carbocycles. The van der Waals surface area contributed by atoms with E-state index >= 15 is 0 Å². The van der Waals surface area contributed by atoms with E-state index in [1.165, 1.54) is 0 Å². The highest BCUT2D eigenvalue weighted by Crippen LogP contribution is 2.22. The highest BCUT2D eigenvalue weighted by atomic mass is 79.9. The minimum Gasteiger partial charge on any atom is -0.352 e. The van der Waals surface area contributed by atoms with Gasteiger partial charge in [0.1, 0.15) is 6.04 Å². The molecule has 156 valence electrons. The first-order chi connectivity index (χ1) is 13.8. The van der Waals surface area contributed by atoms with Gasteiger partial charge in [0.25, 0.3) is 0 Å². The molecule has 0 bridgehead atoms. The van der Waals surface area contributed by atoms with Gasteiger partial charge in [0.15, 0.2) is 0 Å². The van der Waals surface area contributed by atoms with Crippen LogP contribution in [0.15, 0.2) is 57.9 Å². The van der Waals surface area contributed by atoms with Crippen LogP contribution in [0.5, 0.6) is 0 Å². The zero-order valence-corrected chi connectivity index (χ0v) is 20.0. The zero-order chi connectivity index (χ0) is 21.4. The van der Waals surface area contributed by atoms with Crippen LogP contribution >= 0.6 is 39.3 Å². The van der Waals surface area contributed by atoms with Crippen LogP contribution < -0.4 is 5.32 Å². The minimum atomic E-state index is -0.547. The van der Waals surface area contributed by atoms with E-state index in [1.54, 1.807) is 23.6 Å². The second kappa shape index (κ2) is 11.6. The van der Waals surface area contributed by atoms with Crippen LogP contribution in [0.3, 0.4) is 0 Å². The third-order valence-electron chi connectivity index (χ3n) is 4.26. The third kappa shape index (κ3) is 8.03. The van der Waals surface area contributed by atoms with Crippen molar-refractivity contribution in [2.24, 2.45) is 0 Å². The van der Waals surface area contributed by atoms with Gasteiger partial charge < -0.3 is 10.2 Å². The van der Waals surface area contributed by atoms with Crippen molar-refractivity contribution in [1.82, 2.24) is 10.2 Å². The van der Waals surface area contributed by atoms with Crippen molar-refractivity contribution in [3.8, 4) is 0 Å². The second-order valence-electron chi connectivity index (χ2n) is 7.04. The van der Waals surface area contributed by atoms with E-state index in [1.807, 2.05) is 62.4 Å². The number of hydrogen-bond donors (Lipinski definition) is 1. The van der Waals surface area contributed by atoms with Gasteiger partial charge in [-0.25, -0.2) is 0 Å². The average Bonchev–Trinajstić information content (AvgIpc) is 2.68. The maximum atomic E-state index is 13.0. The summed E-state index contributed by atoms with van der Waals surface area (Å²) in [6, 6.07) is 14.8. The largest absolute Gasteiger partial charge is 0.352 e. The lowest BCUT2D eigenvalue weighted by atomic mass is 10.1. The molecule has 1 atom stereocenters. The molecule has 2 amide bonds. The first-order valence-electron chi connectivity index (χ1n) is 9.49. The maximum absolute atomic E-state index is 13.0. The van der Waals surface area contributed by atoms with Crippen LogP contribution in [0.25, 0.3) is 0 Å². The van der Waals surface area contributed by atoms with E-state index in [-0.39, 0.29) is 17.9 Å². The first-order valence-corrected chi connectivity index (χ1v) is 11.6. The summed E-state index contributed by atoms with van der Waals surface area (Å²) in [5.41, 5.74) is 0.983. The van der Waals surface area contributed by atoms with Gasteiger partial charge in [0.05, 0.1) is 0 Å². The third-order valence-corrected chi connectivity index (χ3v) is 6.06. The monoisotopic (exact) mass is 496 g/mol. The van der Waals surface area contributed by atoms with E-state index in [0.29, 0.717) is 23.7 Å². The summed E-state index contributed by atoms with van der Waals surface area (Å²) < 4.78 is 0.976. The van der Waals surface area contributed by atoms with E-state index in [2.05, 4.69) is 21.2 Å². The highest BCUT2D eigenvalue weighted by molar-refractivity contribution is 9.10. The lowest BCUT2D eigenvalue weighted by molar-refractivity contribution is -0.140. The summed E-state index contributed by atoms with van der Waals surface area (Å²) in [4.78, 5) is 28.3. The van der Waals surface area contributed by atoms with Crippen molar-refractivity contribution in [2.75, 3.05) is 5.75 Å². The lowest BCUT2D eigenvalue weighted by Gasteiger charge is -2.29. The number of carbonyl (C=O) groups excluding carboxylic acids is 2. The fraction of sp³-hybridized carbons (Fsp3) is 0.364. The van der Waals surface area contributed by atoms with Crippen molar-refractivity contribution in [3.05, 3.63) is 63.6 Å². The van der Waals surface area contributed by atoms with Crippen LogP contribution in [0, 0.1) is 0 Å². The quantitative estimate of drug-likeness (QED) is 0.464. The lowest BCUT2D eigenvalue weighted by Crippen LogP contribution is -2.49. The number of benzene rings is 2. The molecule has 0 radical (unpaired) electrons. The van der Waals surface area contributed by atoms with E-state index in [9.17, 15) is 9.59 Å². The Hall–Kier alpha value is -1.50. The molecule has 2 aromatic rings. The van der Waals surface area contributed by atoms with Crippen molar-refractivity contribution >= 4 is 51.1 Å². The van der Waals surface area contributed by atoms with Crippen molar-refractivity contribution in [2.45, 2.75) is 50.7 Å². The molecule has 0 aromatic heterocycles. The van der Waals surface area contributed by atoms with Crippen LogP contribution in [-0.2, 0) is 16.1 Å². The summed E-state index contributed by atoms with van der Waals surface area (Å²) in [7, 11) is 0. The van der Waals surface area contributed by atoms with Gasteiger partial charge in [-0.2, -0.15) is 0 Å². The molecule has 2 rings (SSSR count). The van der Waals surface area contributed by atoms with Gasteiger partial charge in [0.2, 0.25) is 11.8 Å². The number of hydrogen-bond acceptors (Lipinski definition) is 3. The Morgan fingerprint density at radius 1 is 1.07 bits per heavy atom. The minimum absolute atomic E-state index is 0.0232. The average molecular weight is 498 g/mol. The van der Waals surface area contributed by atoms with Crippen LogP contribution in [0.2, 0.25) is 5.02 Å². The summed E-state index contributed by atoms with van der Waals surface area (Å²) in [5.74, 6) is 0.451. The maximum Gasteiger partial charge on any atom is 0.242 e. The predicted molar refractivity (Wildman–Crippen MR) is 124 cm³/mol. The molecule has 1 N–H and O–H groups in total. The molecule has 0 aliphatic heterocycles. The molecule has 4 nitrogen and oxygen atoms in total. The number of carbonyl (C=O) groups is 2. The Kier molecular flexibility index (Phi) is 9.53. The summed E-state index contributed by atoms with van der Waals surface area (Å²) in [6.07, 6.45) is 0.350. The molecule has 0 aliphatic carbocycles. The normalized spacial score (nSPS) is 11.9. The van der Waals surface area contributed by atoms with Gasteiger partial charge in [-0.3, -0.25) is 9.59 Å². The van der Waals surface area contributed by atoms with Gasteiger partial charge in [-0.05, 0) is 62.7 Å². The highest BCUT2D eigenvalue weighted by Gasteiger charge is 2.26. The van der Waals surface area contributed by atoms with Crippen LogP contribution in [-0.4, -0.2) is 34.6 Å². The molecule has 29 heavy (non-hydrogen) atoms. The SMILES string of the molecule is CC(C)NC(=O)[C@H](C)N(Cc1ccc(Br)cc1)C(=O)CCSc1ccc(Cl)cc1. The van der Waals surface area contributed by atoms with Gasteiger partial charge in [-0.1, -0.05) is 39.7 Å². The smallest absolute Gasteiger partial charge is 0.242 e.